The van der Waals surface area contributed by atoms with Gasteiger partial charge < -0.3 is 5.32 Å². The molecule has 0 amide bonds. The molecule has 5 heteroatoms. The van der Waals surface area contributed by atoms with Crippen LogP contribution >= 0.6 is 23.2 Å². The summed E-state index contributed by atoms with van der Waals surface area (Å²) in [5.74, 6) is -1.36. The highest BCUT2D eigenvalue weighted by molar-refractivity contribution is 6.35. The first-order chi connectivity index (χ1) is 8.06. The fourth-order valence-electron chi connectivity index (χ4n) is 1.39. The second-order valence-corrected chi connectivity index (χ2v) is 4.25. The van der Waals surface area contributed by atoms with Crippen molar-refractivity contribution in [3.8, 4) is 0 Å². The van der Waals surface area contributed by atoms with Crippen LogP contribution in [0.5, 0.6) is 0 Å². The van der Waals surface area contributed by atoms with E-state index in [0.717, 1.165) is 12.1 Å². The van der Waals surface area contributed by atoms with Crippen LogP contribution in [0.25, 0.3) is 0 Å². The zero-order valence-electron chi connectivity index (χ0n) is 8.48. The molecule has 0 heterocycles. The molecule has 0 spiro atoms. The Hall–Kier alpha value is -1.32. The van der Waals surface area contributed by atoms with Crippen LogP contribution in [0, 0.1) is 11.6 Å². The zero-order chi connectivity index (χ0) is 12.4. The van der Waals surface area contributed by atoms with Gasteiger partial charge in [-0.3, -0.25) is 0 Å². The minimum absolute atomic E-state index is 0.231. The van der Waals surface area contributed by atoms with E-state index in [1.54, 1.807) is 0 Å². The molecule has 0 atom stereocenters. The SMILES string of the molecule is Fc1cccc(F)c1Nc1cc(Cl)cc(Cl)c1. The fraction of sp³-hybridized carbons (Fsp3) is 0. The van der Waals surface area contributed by atoms with Gasteiger partial charge in [0.05, 0.1) is 0 Å². The van der Waals surface area contributed by atoms with Gasteiger partial charge in [0.1, 0.15) is 17.3 Å². The summed E-state index contributed by atoms with van der Waals surface area (Å²) < 4.78 is 26.7. The Morgan fingerprint density at radius 2 is 1.41 bits per heavy atom. The van der Waals surface area contributed by atoms with Crippen molar-refractivity contribution < 1.29 is 8.78 Å². The molecule has 0 aliphatic carbocycles. The molecular weight excluding hydrogens is 267 g/mol. The summed E-state index contributed by atoms with van der Waals surface area (Å²) in [6, 6.07) is 8.21. The predicted molar refractivity (Wildman–Crippen MR) is 66.1 cm³/mol. The summed E-state index contributed by atoms with van der Waals surface area (Å²) in [6.45, 7) is 0. The van der Waals surface area contributed by atoms with E-state index in [2.05, 4.69) is 5.32 Å². The Balaban J connectivity index is 2.38. The number of hydrogen-bond donors (Lipinski definition) is 1. The second-order valence-electron chi connectivity index (χ2n) is 3.38. The summed E-state index contributed by atoms with van der Waals surface area (Å²) in [5, 5.41) is 3.37. The first kappa shape index (κ1) is 12.1. The monoisotopic (exact) mass is 273 g/mol. The van der Waals surface area contributed by atoms with Crippen molar-refractivity contribution >= 4 is 34.6 Å². The molecule has 0 aliphatic rings. The quantitative estimate of drug-likeness (QED) is 0.811. The van der Waals surface area contributed by atoms with Crippen molar-refractivity contribution in [3.63, 3.8) is 0 Å². The number of rotatable bonds is 2. The van der Waals surface area contributed by atoms with E-state index in [-0.39, 0.29) is 5.69 Å². The lowest BCUT2D eigenvalue weighted by atomic mass is 10.2. The minimum Gasteiger partial charge on any atom is -0.351 e. The average molecular weight is 274 g/mol. The molecule has 0 bridgehead atoms. The van der Waals surface area contributed by atoms with Gasteiger partial charge in [0.15, 0.2) is 0 Å². The highest BCUT2D eigenvalue weighted by atomic mass is 35.5. The van der Waals surface area contributed by atoms with E-state index in [9.17, 15) is 8.78 Å². The van der Waals surface area contributed by atoms with Crippen molar-refractivity contribution in [3.05, 3.63) is 58.1 Å². The van der Waals surface area contributed by atoms with Crippen LogP contribution in [0.3, 0.4) is 0 Å². The zero-order valence-corrected chi connectivity index (χ0v) is 9.99. The molecule has 1 N–H and O–H groups in total. The van der Waals surface area contributed by atoms with E-state index in [4.69, 9.17) is 23.2 Å². The Kier molecular flexibility index (Phi) is 3.50. The maximum Gasteiger partial charge on any atom is 0.149 e. The van der Waals surface area contributed by atoms with Gasteiger partial charge in [0.25, 0.3) is 0 Å². The molecule has 0 aromatic heterocycles. The highest BCUT2D eigenvalue weighted by Gasteiger charge is 2.08. The maximum absolute atomic E-state index is 13.4. The standard InChI is InChI=1S/C12H7Cl2F2N/c13-7-4-8(14)6-9(5-7)17-12-10(15)2-1-3-11(12)16/h1-6,17H. The molecule has 0 saturated heterocycles. The van der Waals surface area contributed by atoms with Crippen LogP contribution in [0.4, 0.5) is 20.2 Å². The van der Waals surface area contributed by atoms with Crippen molar-refractivity contribution in [2.45, 2.75) is 0 Å². The van der Waals surface area contributed by atoms with Crippen LogP contribution in [0.1, 0.15) is 0 Å². The fourth-order valence-corrected chi connectivity index (χ4v) is 1.91. The largest absolute Gasteiger partial charge is 0.351 e. The van der Waals surface area contributed by atoms with Crippen LogP contribution in [-0.2, 0) is 0 Å². The molecule has 0 fully saturated rings. The summed E-state index contributed by atoms with van der Waals surface area (Å²) in [6.07, 6.45) is 0. The van der Waals surface area contributed by atoms with Gasteiger partial charge in [-0.2, -0.15) is 0 Å². The van der Waals surface area contributed by atoms with Gasteiger partial charge in [-0.15, -0.1) is 0 Å². The topological polar surface area (TPSA) is 12.0 Å². The Morgan fingerprint density at radius 3 is 1.94 bits per heavy atom. The summed E-state index contributed by atoms with van der Waals surface area (Å²) >= 11 is 11.6. The maximum atomic E-state index is 13.4. The molecule has 88 valence electrons. The lowest BCUT2D eigenvalue weighted by molar-refractivity contribution is 0.591. The number of benzene rings is 2. The smallest absolute Gasteiger partial charge is 0.149 e. The summed E-state index contributed by atoms with van der Waals surface area (Å²) in [5.41, 5.74) is 0.192. The van der Waals surface area contributed by atoms with E-state index in [1.807, 2.05) is 0 Å². The van der Waals surface area contributed by atoms with E-state index in [0.29, 0.717) is 15.7 Å². The van der Waals surface area contributed by atoms with Crippen molar-refractivity contribution in [2.75, 3.05) is 5.32 Å². The highest BCUT2D eigenvalue weighted by Crippen LogP contribution is 2.27. The third-order valence-corrected chi connectivity index (χ3v) is 2.53. The van der Waals surface area contributed by atoms with Gasteiger partial charge in [-0.05, 0) is 30.3 Å². The van der Waals surface area contributed by atoms with Crippen molar-refractivity contribution in [2.24, 2.45) is 0 Å². The normalized spacial score (nSPS) is 10.4. The van der Waals surface area contributed by atoms with Crippen LogP contribution in [-0.4, -0.2) is 0 Å². The molecule has 2 rings (SSSR count). The van der Waals surface area contributed by atoms with E-state index < -0.39 is 11.6 Å². The van der Waals surface area contributed by atoms with E-state index in [1.165, 1.54) is 24.3 Å². The summed E-state index contributed by atoms with van der Waals surface area (Å²) in [4.78, 5) is 0. The Labute approximate surface area is 107 Å². The number of nitrogens with one attached hydrogen (secondary N) is 1. The third kappa shape index (κ3) is 2.87. The molecule has 2 aromatic rings. The first-order valence-electron chi connectivity index (χ1n) is 4.73. The molecule has 0 aliphatic heterocycles. The number of para-hydroxylation sites is 1. The molecule has 0 saturated carbocycles. The minimum atomic E-state index is -0.680. The second kappa shape index (κ2) is 4.90. The van der Waals surface area contributed by atoms with Crippen LogP contribution < -0.4 is 5.32 Å². The number of hydrogen-bond acceptors (Lipinski definition) is 1. The molecule has 1 nitrogen and oxygen atoms in total. The number of anilines is 2. The Bertz CT molecular complexity index is 518. The van der Waals surface area contributed by atoms with Gasteiger partial charge in [0.2, 0.25) is 0 Å². The molecule has 17 heavy (non-hydrogen) atoms. The first-order valence-corrected chi connectivity index (χ1v) is 5.49. The number of halogens is 4. The molecule has 0 unspecified atom stereocenters. The average Bonchev–Trinajstić information content (AvgIpc) is 2.22. The molecule has 2 aromatic carbocycles. The third-order valence-electron chi connectivity index (χ3n) is 2.09. The predicted octanol–water partition coefficient (Wildman–Crippen LogP) is 5.02. The van der Waals surface area contributed by atoms with Gasteiger partial charge in [-0.1, -0.05) is 29.3 Å². The lowest BCUT2D eigenvalue weighted by Gasteiger charge is -2.09. The molecular formula is C12H7Cl2F2N. The van der Waals surface area contributed by atoms with Crippen LogP contribution in [0.15, 0.2) is 36.4 Å². The van der Waals surface area contributed by atoms with Gasteiger partial charge >= 0.3 is 0 Å². The summed E-state index contributed by atoms with van der Waals surface area (Å²) in [7, 11) is 0. The van der Waals surface area contributed by atoms with Crippen molar-refractivity contribution in [1.29, 1.82) is 0 Å². The van der Waals surface area contributed by atoms with Gasteiger partial charge in [0, 0.05) is 15.7 Å². The Morgan fingerprint density at radius 1 is 0.882 bits per heavy atom. The van der Waals surface area contributed by atoms with Crippen molar-refractivity contribution in [1.82, 2.24) is 0 Å². The molecule has 0 radical (unpaired) electrons. The van der Waals surface area contributed by atoms with Crippen LogP contribution in [0.2, 0.25) is 10.0 Å². The van der Waals surface area contributed by atoms with E-state index >= 15 is 0 Å². The lowest BCUT2D eigenvalue weighted by Crippen LogP contribution is -1.97. The van der Waals surface area contributed by atoms with Gasteiger partial charge in [-0.25, -0.2) is 8.78 Å².